The number of nitrogens with zero attached hydrogens (tertiary/aromatic N) is 1. The Labute approximate surface area is 130 Å². The molecule has 5 heteroatoms. The zero-order chi connectivity index (χ0) is 15.7. The highest BCUT2D eigenvalue weighted by atomic mass is 32.2. The number of aliphatic hydroxyl groups excluding tert-OH is 1. The molecule has 0 saturated carbocycles. The molecule has 0 amide bonds. The monoisotopic (exact) mass is 317 g/mol. The molecule has 0 aromatic heterocycles. The first kappa shape index (κ1) is 15.2. The number of aliphatic hydroxyl groups is 1. The maximum atomic E-state index is 11.4. The molecule has 1 fully saturated rings. The molecular formula is C17H19NO3S. The van der Waals surface area contributed by atoms with Crippen LogP contribution in [-0.4, -0.2) is 37.3 Å². The Kier molecular flexibility index (Phi) is 4.04. The van der Waals surface area contributed by atoms with Gasteiger partial charge in [-0.25, -0.2) is 8.42 Å². The van der Waals surface area contributed by atoms with Crippen LogP contribution in [0.1, 0.15) is 17.2 Å². The van der Waals surface area contributed by atoms with Crippen molar-refractivity contribution in [3.05, 3.63) is 65.7 Å². The Morgan fingerprint density at radius 1 is 1.14 bits per heavy atom. The molecule has 1 saturated heterocycles. The van der Waals surface area contributed by atoms with E-state index >= 15 is 0 Å². The van der Waals surface area contributed by atoms with Gasteiger partial charge in [-0.2, -0.15) is 0 Å². The van der Waals surface area contributed by atoms with Gasteiger partial charge >= 0.3 is 0 Å². The van der Waals surface area contributed by atoms with Gasteiger partial charge in [0.05, 0.1) is 17.0 Å². The van der Waals surface area contributed by atoms with Crippen molar-refractivity contribution in [2.75, 3.05) is 12.8 Å². The lowest BCUT2D eigenvalue weighted by Crippen LogP contribution is -2.11. The Balaban J connectivity index is 1.64. The maximum absolute atomic E-state index is 11.4. The van der Waals surface area contributed by atoms with Gasteiger partial charge in [-0.3, -0.25) is 4.90 Å². The summed E-state index contributed by atoms with van der Waals surface area (Å²) < 4.78 is 22.9. The summed E-state index contributed by atoms with van der Waals surface area (Å²) in [5.41, 5.74) is 1.98. The van der Waals surface area contributed by atoms with E-state index in [1.807, 2.05) is 18.2 Å². The lowest BCUT2D eigenvalue weighted by Gasteiger charge is -2.12. The third-order valence-electron chi connectivity index (χ3n) is 4.00. The van der Waals surface area contributed by atoms with Gasteiger partial charge in [0, 0.05) is 19.3 Å². The first-order valence-electron chi connectivity index (χ1n) is 7.21. The minimum Gasteiger partial charge on any atom is -0.387 e. The van der Waals surface area contributed by atoms with Crippen LogP contribution in [0.5, 0.6) is 0 Å². The molecule has 1 aliphatic rings. The number of rotatable bonds is 5. The second kappa shape index (κ2) is 5.83. The summed E-state index contributed by atoms with van der Waals surface area (Å²) in [4.78, 5) is 2.48. The van der Waals surface area contributed by atoms with Crippen LogP contribution in [0, 0.1) is 0 Å². The SMILES string of the molecule is CS(=O)(=O)c1ccc(C(O)C2C[N@@]2Cc2ccccc2)cc1. The zero-order valence-electron chi connectivity index (χ0n) is 12.4. The van der Waals surface area contributed by atoms with Crippen molar-refractivity contribution in [3.63, 3.8) is 0 Å². The highest BCUT2D eigenvalue weighted by molar-refractivity contribution is 7.90. The van der Waals surface area contributed by atoms with Gasteiger partial charge in [0.2, 0.25) is 0 Å². The summed E-state index contributed by atoms with van der Waals surface area (Å²) in [6.45, 7) is 1.67. The lowest BCUT2D eigenvalue weighted by molar-refractivity contribution is 0.157. The van der Waals surface area contributed by atoms with E-state index in [-0.39, 0.29) is 10.9 Å². The lowest BCUT2D eigenvalue weighted by atomic mass is 10.1. The van der Waals surface area contributed by atoms with E-state index in [9.17, 15) is 13.5 Å². The van der Waals surface area contributed by atoms with E-state index in [4.69, 9.17) is 0 Å². The molecule has 1 N–H and O–H groups in total. The van der Waals surface area contributed by atoms with Gasteiger partial charge < -0.3 is 5.11 Å². The third-order valence-corrected chi connectivity index (χ3v) is 5.13. The van der Waals surface area contributed by atoms with Crippen molar-refractivity contribution in [1.82, 2.24) is 4.90 Å². The van der Waals surface area contributed by atoms with E-state index in [2.05, 4.69) is 17.0 Å². The Hall–Kier alpha value is -1.69. The molecule has 2 aromatic carbocycles. The first-order chi connectivity index (χ1) is 10.4. The molecule has 1 heterocycles. The molecule has 4 nitrogen and oxygen atoms in total. The molecular weight excluding hydrogens is 298 g/mol. The van der Waals surface area contributed by atoms with Crippen LogP contribution >= 0.6 is 0 Å². The van der Waals surface area contributed by atoms with Crippen LogP contribution in [0.15, 0.2) is 59.5 Å². The average molecular weight is 317 g/mol. The van der Waals surface area contributed by atoms with E-state index in [0.29, 0.717) is 0 Å². The van der Waals surface area contributed by atoms with Crippen LogP contribution in [0.2, 0.25) is 0 Å². The van der Waals surface area contributed by atoms with Crippen molar-refractivity contribution in [1.29, 1.82) is 0 Å². The fourth-order valence-corrected chi connectivity index (χ4v) is 3.26. The minimum absolute atomic E-state index is 0.101. The quantitative estimate of drug-likeness (QED) is 0.857. The van der Waals surface area contributed by atoms with Crippen LogP contribution < -0.4 is 0 Å². The number of sulfone groups is 1. The van der Waals surface area contributed by atoms with Crippen molar-refractivity contribution < 1.29 is 13.5 Å². The molecule has 22 heavy (non-hydrogen) atoms. The van der Waals surface area contributed by atoms with Gasteiger partial charge in [-0.15, -0.1) is 0 Å². The highest BCUT2D eigenvalue weighted by Crippen LogP contribution is 2.33. The number of hydrogen-bond donors (Lipinski definition) is 1. The predicted octanol–water partition coefficient (Wildman–Crippen LogP) is 2.01. The maximum Gasteiger partial charge on any atom is 0.175 e. The minimum atomic E-state index is -3.19. The third kappa shape index (κ3) is 3.38. The Morgan fingerprint density at radius 2 is 1.77 bits per heavy atom. The van der Waals surface area contributed by atoms with E-state index in [1.165, 1.54) is 11.8 Å². The van der Waals surface area contributed by atoms with Crippen LogP contribution in [0.25, 0.3) is 0 Å². The van der Waals surface area contributed by atoms with Gasteiger partial charge in [0.15, 0.2) is 9.84 Å². The largest absolute Gasteiger partial charge is 0.387 e. The van der Waals surface area contributed by atoms with E-state index in [1.54, 1.807) is 24.3 Å². The number of hydrogen-bond acceptors (Lipinski definition) is 4. The van der Waals surface area contributed by atoms with Gasteiger partial charge in [0.25, 0.3) is 0 Å². The van der Waals surface area contributed by atoms with Crippen molar-refractivity contribution in [3.8, 4) is 0 Å². The fourth-order valence-electron chi connectivity index (χ4n) is 2.63. The molecule has 3 atom stereocenters. The van der Waals surface area contributed by atoms with Crippen LogP contribution in [-0.2, 0) is 16.4 Å². The van der Waals surface area contributed by atoms with Crippen LogP contribution in [0.3, 0.4) is 0 Å². The normalized spacial score (nSPS) is 22.3. The Morgan fingerprint density at radius 3 is 2.36 bits per heavy atom. The molecule has 0 spiro atoms. The molecule has 116 valence electrons. The summed E-state index contributed by atoms with van der Waals surface area (Å²) >= 11 is 0. The smallest absolute Gasteiger partial charge is 0.175 e. The van der Waals surface area contributed by atoms with E-state index in [0.717, 1.165) is 18.7 Å². The second-order valence-electron chi connectivity index (χ2n) is 5.77. The van der Waals surface area contributed by atoms with Crippen LogP contribution in [0.4, 0.5) is 0 Å². The van der Waals surface area contributed by atoms with E-state index < -0.39 is 15.9 Å². The molecule has 2 aromatic rings. The Bertz CT molecular complexity index is 741. The topological polar surface area (TPSA) is 57.4 Å². The fraction of sp³-hybridized carbons (Fsp3) is 0.294. The summed E-state index contributed by atoms with van der Waals surface area (Å²) in [5, 5.41) is 10.4. The summed E-state index contributed by atoms with van der Waals surface area (Å²) in [6.07, 6.45) is 0.596. The van der Waals surface area contributed by atoms with Crippen molar-refractivity contribution >= 4 is 9.84 Å². The standard InChI is InChI=1S/C17H19NO3S/c1-22(20,21)15-9-7-14(8-10-15)17(19)16-12-18(16)11-13-5-3-2-4-6-13/h2-10,16-17,19H,11-12H2,1H3/t16?,17?,18-/m1/s1. The number of benzene rings is 2. The zero-order valence-corrected chi connectivity index (χ0v) is 13.2. The van der Waals surface area contributed by atoms with Gasteiger partial charge in [-0.1, -0.05) is 42.5 Å². The molecule has 0 aliphatic carbocycles. The molecule has 0 radical (unpaired) electrons. The molecule has 3 rings (SSSR count). The second-order valence-corrected chi connectivity index (χ2v) is 7.78. The molecule has 1 aliphatic heterocycles. The van der Waals surface area contributed by atoms with Gasteiger partial charge in [0.1, 0.15) is 0 Å². The average Bonchev–Trinajstić information content (AvgIpc) is 3.26. The van der Waals surface area contributed by atoms with Gasteiger partial charge in [-0.05, 0) is 23.3 Å². The molecule has 0 bridgehead atoms. The van der Waals surface area contributed by atoms with Crippen molar-refractivity contribution in [2.24, 2.45) is 0 Å². The summed E-state index contributed by atoms with van der Waals surface area (Å²) in [5.74, 6) is 0. The summed E-state index contributed by atoms with van der Waals surface area (Å²) in [6, 6.07) is 16.7. The predicted molar refractivity (Wildman–Crippen MR) is 85.2 cm³/mol. The van der Waals surface area contributed by atoms with Crippen molar-refractivity contribution in [2.45, 2.75) is 23.6 Å². The summed E-state index contributed by atoms with van der Waals surface area (Å²) in [7, 11) is -3.19. The highest BCUT2D eigenvalue weighted by Gasteiger charge is 2.40. The first-order valence-corrected chi connectivity index (χ1v) is 9.10. The molecule has 2 unspecified atom stereocenters.